The van der Waals surface area contributed by atoms with Crippen LogP contribution in [-0.2, 0) is 0 Å². The molecule has 1 saturated carbocycles. The molecule has 1 rings (SSSR count). The second kappa shape index (κ2) is 3.50. The van der Waals surface area contributed by atoms with Gasteiger partial charge in [-0.05, 0) is 43.1 Å². The normalized spacial score (nSPS) is 32.7. The van der Waals surface area contributed by atoms with Crippen molar-refractivity contribution in [3.8, 4) is 0 Å². The fourth-order valence-corrected chi connectivity index (χ4v) is 1.75. The van der Waals surface area contributed by atoms with Gasteiger partial charge in [0.1, 0.15) is 0 Å². The van der Waals surface area contributed by atoms with Crippen molar-refractivity contribution in [3.05, 3.63) is 0 Å². The summed E-state index contributed by atoms with van der Waals surface area (Å²) < 4.78 is 0. The highest BCUT2D eigenvalue weighted by molar-refractivity contribution is 7.98. The Morgan fingerprint density at radius 3 is 2.67 bits per heavy atom. The van der Waals surface area contributed by atoms with Crippen molar-refractivity contribution in [3.63, 3.8) is 0 Å². The molecular formula is C8H16S. The SMILES string of the molecule is CSCCCC1CC1C. The lowest BCUT2D eigenvalue weighted by molar-refractivity contribution is 0.664. The zero-order valence-corrected chi connectivity index (χ0v) is 7.21. The van der Waals surface area contributed by atoms with E-state index in [0.29, 0.717) is 0 Å². The highest BCUT2D eigenvalue weighted by Gasteiger charge is 2.31. The fourth-order valence-electron chi connectivity index (χ4n) is 1.29. The first-order valence-corrected chi connectivity index (χ1v) is 5.23. The molecule has 0 aliphatic heterocycles. The van der Waals surface area contributed by atoms with Gasteiger partial charge in [-0.15, -0.1) is 0 Å². The van der Waals surface area contributed by atoms with Gasteiger partial charge in [-0.3, -0.25) is 0 Å². The summed E-state index contributed by atoms with van der Waals surface area (Å²) in [5, 5.41) is 0. The van der Waals surface area contributed by atoms with E-state index in [-0.39, 0.29) is 0 Å². The molecule has 0 aromatic rings. The summed E-state index contributed by atoms with van der Waals surface area (Å²) in [6, 6.07) is 0. The van der Waals surface area contributed by atoms with Crippen molar-refractivity contribution in [2.45, 2.75) is 26.2 Å². The molecule has 1 aliphatic rings. The van der Waals surface area contributed by atoms with Gasteiger partial charge in [0.2, 0.25) is 0 Å². The second-order valence-corrected chi connectivity index (χ2v) is 4.09. The monoisotopic (exact) mass is 144 g/mol. The van der Waals surface area contributed by atoms with Gasteiger partial charge in [-0.25, -0.2) is 0 Å². The smallest absolute Gasteiger partial charge is 0.00702 e. The standard InChI is InChI=1S/C8H16S/c1-7-6-8(7)4-3-5-9-2/h7-8H,3-6H2,1-2H3. The lowest BCUT2D eigenvalue weighted by atomic mass is 10.2. The fraction of sp³-hybridized carbons (Fsp3) is 1.00. The quantitative estimate of drug-likeness (QED) is 0.547. The third-order valence-electron chi connectivity index (χ3n) is 2.20. The molecule has 0 bridgehead atoms. The van der Waals surface area contributed by atoms with E-state index in [2.05, 4.69) is 13.2 Å². The summed E-state index contributed by atoms with van der Waals surface area (Å²) in [7, 11) is 0. The molecule has 0 heterocycles. The maximum atomic E-state index is 2.36. The maximum absolute atomic E-state index is 2.36. The molecule has 0 aromatic heterocycles. The van der Waals surface area contributed by atoms with Crippen LogP contribution in [0.25, 0.3) is 0 Å². The summed E-state index contributed by atoms with van der Waals surface area (Å²) in [4.78, 5) is 0. The molecule has 0 radical (unpaired) electrons. The van der Waals surface area contributed by atoms with Crippen molar-refractivity contribution >= 4 is 11.8 Å². The Labute approximate surface area is 62.4 Å². The van der Waals surface area contributed by atoms with Gasteiger partial charge in [0.05, 0.1) is 0 Å². The number of rotatable bonds is 4. The van der Waals surface area contributed by atoms with Crippen LogP contribution >= 0.6 is 11.8 Å². The van der Waals surface area contributed by atoms with Gasteiger partial charge >= 0.3 is 0 Å². The molecule has 0 nitrogen and oxygen atoms in total. The topological polar surface area (TPSA) is 0 Å². The summed E-state index contributed by atoms with van der Waals surface area (Å²) in [6.45, 7) is 2.36. The van der Waals surface area contributed by atoms with Gasteiger partial charge in [0.15, 0.2) is 0 Å². The first-order chi connectivity index (χ1) is 4.34. The predicted molar refractivity (Wildman–Crippen MR) is 44.9 cm³/mol. The molecule has 1 heteroatoms. The zero-order valence-electron chi connectivity index (χ0n) is 6.39. The average molecular weight is 144 g/mol. The van der Waals surface area contributed by atoms with Crippen LogP contribution in [0.1, 0.15) is 26.2 Å². The molecule has 54 valence electrons. The molecule has 0 aromatic carbocycles. The summed E-state index contributed by atoms with van der Waals surface area (Å²) >= 11 is 1.97. The lowest BCUT2D eigenvalue weighted by Gasteiger charge is -1.94. The van der Waals surface area contributed by atoms with Crippen LogP contribution in [0.4, 0.5) is 0 Å². The van der Waals surface area contributed by atoms with E-state index < -0.39 is 0 Å². The van der Waals surface area contributed by atoms with E-state index in [1.165, 1.54) is 25.0 Å². The van der Waals surface area contributed by atoms with Gasteiger partial charge in [-0.2, -0.15) is 11.8 Å². The number of thioether (sulfide) groups is 1. The van der Waals surface area contributed by atoms with Crippen molar-refractivity contribution < 1.29 is 0 Å². The third-order valence-corrected chi connectivity index (χ3v) is 2.90. The zero-order chi connectivity index (χ0) is 6.69. The Morgan fingerprint density at radius 2 is 2.22 bits per heavy atom. The van der Waals surface area contributed by atoms with E-state index >= 15 is 0 Å². The van der Waals surface area contributed by atoms with E-state index in [9.17, 15) is 0 Å². The third kappa shape index (κ3) is 2.61. The van der Waals surface area contributed by atoms with Gasteiger partial charge in [-0.1, -0.05) is 6.92 Å². The first-order valence-electron chi connectivity index (χ1n) is 3.83. The van der Waals surface area contributed by atoms with Crippen LogP contribution in [0.5, 0.6) is 0 Å². The minimum Gasteiger partial charge on any atom is -0.165 e. The molecule has 0 amide bonds. The number of hydrogen-bond acceptors (Lipinski definition) is 1. The second-order valence-electron chi connectivity index (χ2n) is 3.11. The Kier molecular flexibility index (Phi) is 2.90. The van der Waals surface area contributed by atoms with Crippen molar-refractivity contribution in [2.24, 2.45) is 11.8 Å². The molecule has 9 heavy (non-hydrogen) atoms. The van der Waals surface area contributed by atoms with E-state index in [1.807, 2.05) is 11.8 Å². The first kappa shape index (κ1) is 7.46. The molecule has 0 saturated heterocycles. The van der Waals surface area contributed by atoms with Crippen LogP contribution in [0.2, 0.25) is 0 Å². The molecule has 0 spiro atoms. The van der Waals surface area contributed by atoms with E-state index in [0.717, 1.165) is 11.8 Å². The van der Waals surface area contributed by atoms with Crippen LogP contribution in [0.3, 0.4) is 0 Å². The molecule has 2 atom stereocenters. The minimum absolute atomic E-state index is 1.06. The van der Waals surface area contributed by atoms with Crippen molar-refractivity contribution in [2.75, 3.05) is 12.0 Å². The van der Waals surface area contributed by atoms with Crippen LogP contribution in [0.15, 0.2) is 0 Å². The van der Waals surface area contributed by atoms with Gasteiger partial charge < -0.3 is 0 Å². The van der Waals surface area contributed by atoms with Crippen molar-refractivity contribution in [1.82, 2.24) is 0 Å². The minimum atomic E-state index is 1.06. The van der Waals surface area contributed by atoms with Crippen LogP contribution in [0, 0.1) is 11.8 Å². The van der Waals surface area contributed by atoms with Crippen molar-refractivity contribution in [1.29, 1.82) is 0 Å². The Balaban J connectivity index is 1.83. The van der Waals surface area contributed by atoms with Crippen LogP contribution in [-0.4, -0.2) is 12.0 Å². The predicted octanol–water partition coefficient (Wildman–Crippen LogP) is 2.79. The highest BCUT2D eigenvalue weighted by atomic mass is 32.2. The van der Waals surface area contributed by atoms with E-state index in [4.69, 9.17) is 0 Å². The Morgan fingerprint density at radius 1 is 1.56 bits per heavy atom. The molecule has 0 N–H and O–H groups in total. The molecule has 1 fully saturated rings. The Bertz CT molecular complexity index is 80.6. The average Bonchev–Trinajstić information content (AvgIpc) is 2.48. The lowest BCUT2D eigenvalue weighted by Crippen LogP contribution is -1.82. The number of hydrogen-bond donors (Lipinski definition) is 0. The molecule has 2 unspecified atom stereocenters. The Hall–Kier alpha value is 0.350. The maximum Gasteiger partial charge on any atom is -0.00702 e. The van der Waals surface area contributed by atoms with Gasteiger partial charge in [0, 0.05) is 0 Å². The van der Waals surface area contributed by atoms with E-state index in [1.54, 1.807) is 0 Å². The molecular weight excluding hydrogens is 128 g/mol. The molecule has 1 aliphatic carbocycles. The van der Waals surface area contributed by atoms with Gasteiger partial charge in [0.25, 0.3) is 0 Å². The summed E-state index contributed by atoms with van der Waals surface area (Å²) in [5.41, 5.74) is 0. The van der Waals surface area contributed by atoms with Crippen LogP contribution < -0.4 is 0 Å². The summed E-state index contributed by atoms with van der Waals surface area (Å²) in [5.74, 6) is 3.53. The highest BCUT2D eigenvalue weighted by Crippen LogP contribution is 2.41. The largest absolute Gasteiger partial charge is 0.165 e. The summed E-state index contributed by atoms with van der Waals surface area (Å²) in [6.07, 6.45) is 6.63.